The second kappa shape index (κ2) is 14.0. The van der Waals surface area contributed by atoms with Gasteiger partial charge in [0.2, 0.25) is 5.91 Å². The topological polar surface area (TPSA) is 98.1 Å². The van der Waals surface area contributed by atoms with Crippen molar-refractivity contribution >= 4 is 29.3 Å². The monoisotopic (exact) mass is 571 g/mol. The minimum atomic E-state index is -0.220. The number of nitrogens with one attached hydrogen (secondary N) is 2. The molecule has 0 aliphatic rings. The molecule has 41 heavy (non-hydrogen) atoms. The van der Waals surface area contributed by atoms with Crippen LogP contribution in [0.25, 0.3) is 5.69 Å². The summed E-state index contributed by atoms with van der Waals surface area (Å²) in [5, 5.41) is 15.3. The van der Waals surface area contributed by atoms with Crippen molar-refractivity contribution in [1.29, 1.82) is 0 Å². The minimum absolute atomic E-state index is 0.129. The van der Waals surface area contributed by atoms with Crippen molar-refractivity contribution in [2.24, 2.45) is 0 Å². The molecule has 9 heteroatoms. The zero-order chi connectivity index (χ0) is 29.4. The lowest BCUT2D eigenvalue weighted by Crippen LogP contribution is -2.24. The Morgan fingerprint density at radius 3 is 2.49 bits per heavy atom. The van der Waals surface area contributed by atoms with Crippen LogP contribution in [0.4, 0.5) is 5.69 Å². The van der Waals surface area contributed by atoms with Crippen LogP contribution in [0.15, 0.2) is 65.8 Å². The van der Waals surface area contributed by atoms with Gasteiger partial charge in [0, 0.05) is 11.3 Å². The summed E-state index contributed by atoms with van der Waals surface area (Å²) in [7, 11) is 0. The number of aryl methyl sites for hydroxylation is 3. The molecule has 0 saturated carbocycles. The van der Waals surface area contributed by atoms with E-state index in [-0.39, 0.29) is 24.1 Å². The lowest BCUT2D eigenvalue weighted by atomic mass is 10.1. The van der Waals surface area contributed by atoms with E-state index in [9.17, 15) is 9.59 Å². The van der Waals surface area contributed by atoms with E-state index in [2.05, 4.69) is 27.8 Å². The van der Waals surface area contributed by atoms with Gasteiger partial charge in [-0.3, -0.25) is 14.2 Å². The van der Waals surface area contributed by atoms with Crippen LogP contribution < -0.4 is 15.4 Å². The van der Waals surface area contributed by atoms with Crippen LogP contribution in [0.1, 0.15) is 58.2 Å². The summed E-state index contributed by atoms with van der Waals surface area (Å²) < 4.78 is 7.62. The van der Waals surface area contributed by atoms with Crippen LogP contribution in [-0.2, 0) is 11.3 Å². The first-order valence-corrected chi connectivity index (χ1v) is 14.8. The van der Waals surface area contributed by atoms with Crippen LogP contribution in [0.5, 0.6) is 5.75 Å². The predicted molar refractivity (Wildman–Crippen MR) is 164 cm³/mol. The molecule has 214 valence electrons. The fourth-order valence-electron chi connectivity index (χ4n) is 4.21. The number of rotatable bonds is 12. The molecular formula is C32H37N5O3S. The number of amides is 2. The Balaban J connectivity index is 1.49. The van der Waals surface area contributed by atoms with Crippen molar-refractivity contribution < 1.29 is 14.3 Å². The van der Waals surface area contributed by atoms with Gasteiger partial charge in [-0.05, 0) is 92.8 Å². The standard InChI is InChI=1S/C32H37N5O3S/c1-6-7-17-40-26-15-13-25(14-16-26)31(39)33-19-29-35-36-32(37(29)28-10-8-9-22(3)24(28)5)41-20-30(38)34-27-18-21(2)11-12-23(27)4/h8-16,18H,6-7,17,19-20H2,1-5H3,(H,33,39)(H,34,38). The van der Waals surface area contributed by atoms with Gasteiger partial charge in [0.15, 0.2) is 11.0 Å². The zero-order valence-electron chi connectivity index (χ0n) is 24.3. The van der Waals surface area contributed by atoms with Gasteiger partial charge in [0.25, 0.3) is 5.91 Å². The van der Waals surface area contributed by atoms with Crippen LogP contribution >= 0.6 is 11.8 Å². The van der Waals surface area contributed by atoms with E-state index in [1.165, 1.54) is 11.8 Å². The van der Waals surface area contributed by atoms with Crippen molar-refractivity contribution in [3.63, 3.8) is 0 Å². The molecule has 0 unspecified atom stereocenters. The molecule has 8 nitrogen and oxygen atoms in total. The number of anilines is 1. The van der Waals surface area contributed by atoms with Gasteiger partial charge in [-0.25, -0.2) is 0 Å². The smallest absolute Gasteiger partial charge is 0.251 e. The number of ether oxygens (including phenoxy) is 1. The number of nitrogens with zero attached hydrogens (tertiary/aromatic N) is 3. The highest BCUT2D eigenvalue weighted by molar-refractivity contribution is 7.99. The minimum Gasteiger partial charge on any atom is -0.494 e. The Kier molecular flexibility index (Phi) is 10.2. The number of carbonyl (C=O) groups excluding carboxylic acids is 2. The predicted octanol–water partition coefficient (Wildman–Crippen LogP) is 6.34. The first-order valence-electron chi connectivity index (χ1n) is 13.8. The summed E-state index contributed by atoms with van der Waals surface area (Å²) in [6.07, 6.45) is 2.05. The first kappa shape index (κ1) is 29.9. The van der Waals surface area contributed by atoms with E-state index in [4.69, 9.17) is 4.74 Å². The number of aromatic nitrogens is 3. The molecule has 0 saturated heterocycles. The molecule has 4 aromatic rings. The molecule has 3 aromatic carbocycles. The third-order valence-corrected chi connectivity index (χ3v) is 7.74. The average Bonchev–Trinajstić information content (AvgIpc) is 3.37. The molecule has 0 aliphatic carbocycles. The third kappa shape index (κ3) is 7.76. The SMILES string of the molecule is CCCCOc1ccc(C(=O)NCc2nnc(SCC(=O)Nc3cc(C)ccc3C)n2-c2cccc(C)c2C)cc1. The van der Waals surface area contributed by atoms with E-state index >= 15 is 0 Å². The van der Waals surface area contributed by atoms with Crippen molar-refractivity contribution in [2.45, 2.75) is 59.2 Å². The zero-order valence-corrected chi connectivity index (χ0v) is 25.1. The summed E-state index contributed by atoms with van der Waals surface area (Å²) in [6, 6.07) is 19.1. The molecule has 2 N–H and O–H groups in total. The Morgan fingerprint density at radius 2 is 1.73 bits per heavy atom. The van der Waals surface area contributed by atoms with E-state index in [0.717, 1.165) is 52.2 Å². The Bertz CT molecular complexity index is 1510. The van der Waals surface area contributed by atoms with Gasteiger partial charge in [0.1, 0.15) is 5.75 Å². The van der Waals surface area contributed by atoms with Crippen LogP contribution in [-0.4, -0.2) is 38.9 Å². The van der Waals surface area contributed by atoms with Gasteiger partial charge < -0.3 is 15.4 Å². The highest BCUT2D eigenvalue weighted by atomic mass is 32.2. The van der Waals surface area contributed by atoms with Gasteiger partial charge in [-0.2, -0.15) is 0 Å². The molecular weight excluding hydrogens is 534 g/mol. The molecule has 0 bridgehead atoms. The fourth-order valence-corrected chi connectivity index (χ4v) is 4.98. The van der Waals surface area contributed by atoms with Gasteiger partial charge in [-0.1, -0.05) is 49.4 Å². The third-order valence-electron chi connectivity index (χ3n) is 6.81. The normalized spacial score (nSPS) is 10.9. The van der Waals surface area contributed by atoms with E-state index < -0.39 is 0 Å². The lowest BCUT2D eigenvalue weighted by molar-refractivity contribution is -0.113. The van der Waals surface area contributed by atoms with E-state index in [1.807, 2.05) is 68.7 Å². The summed E-state index contributed by atoms with van der Waals surface area (Å²) in [5.41, 5.74) is 6.51. The van der Waals surface area contributed by atoms with Gasteiger partial charge in [-0.15, -0.1) is 10.2 Å². The fraction of sp³-hybridized carbons (Fsp3) is 0.312. The summed E-state index contributed by atoms with van der Waals surface area (Å²) in [4.78, 5) is 25.8. The maximum atomic E-state index is 12.9. The molecule has 2 amide bonds. The molecule has 1 aromatic heterocycles. The molecule has 0 atom stereocenters. The van der Waals surface area contributed by atoms with Crippen molar-refractivity contribution in [2.75, 3.05) is 17.7 Å². The quantitative estimate of drug-likeness (QED) is 0.152. The molecule has 1 heterocycles. The molecule has 0 fully saturated rings. The van der Waals surface area contributed by atoms with Gasteiger partial charge in [0.05, 0.1) is 24.6 Å². The molecule has 0 radical (unpaired) electrons. The Labute approximate surface area is 245 Å². The second-order valence-electron chi connectivity index (χ2n) is 10.0. The first-order chi connectivity index (χ1) is 19.8. The number of hydrogen-bond acceptors (Lipinski definition) is 6. The Hall–Kier alpha value is -4.11. The summed E-state index contributed by atoms with van der Waals surface area (Å²) >= 11 is 1.31. The van der Waals surface area contributed by atoms with E-state index in [0.29, 0.717) is 23.2 Å². The number of unbranched alkanes of at least 4 members (excludes halogenated alkanes) is 1. The maximum Gasteiger partial charge on any atom is 0.251 e. The van der Waals surface area contributed by atoms with Crippen molar-refractivity contribution in [1.82, 2.24) is 20.1 Å². The largest absolute Gasteiger partial charge is 0.494 e. The van der Waals surface area contributed by atoms with Gasteiger partial charge >= 0.3 is 0 Å². The number of thioether (sulfide) groups is 1. The summed E-state index contributed by atoms with van der Waals surface area (Å²) in [6.45, 7) is 11.0. The molecule has 4 rings (SSSR count). The van der Waals surface area contributed by atoms with Crippen LogP contribution in [0.2, 0.25) is 0 Å². The van der Waals surface area contributed by atoms with E-state index in [1.54, 1.807) is 24.3 Å². The lowest BCUT2D eigenvalue weighted by Gasteiger charge is -2.15. The highest BCUT2D eigenvalue weighted by Crippen LogP contribution is 2.26. The number of benzene rings is 3. The van der Waals surface area contributed by atoms with Crippen LogP contribution in [0, 0.1) is 27.7 Å². The van der Waals surface area contributed by atoms with Crippen molar-refractivity contribution in [3.05, 3.63) is 94.3 Å². The number of carbonyl (C=O) groups is 2. The molecule has 0 aliphatic heterocycles. The molecule has 0 spiro atoms. The maximum absolute atomic E-state index is 12.9. The summed E-state index contributed by atoms with van der Waals surface area (Å²) in [5.74, 6) is 1.13. The van der Waals surface area contributed by atoms with Crippen molar-refractivity contribution in [3.8, 4) is 11.4 Å². The Morgan fingerprint density at radius 1 is 0.951 bits per heavy atom. The second-order valence-corrected chi connectivity index (χ2v) is 11.0. The number of hydrogen-bond donors (Lipinski definition) is 2. The average molecular weight is 572 g/mol. The van der Waals surface area contributed by atoms with Crippen LogP contribution in [0.3, 0.4) is 0 Å². The highest BCUT2D eigenvalue weighted by Gasteiger charge is 2.19.